The van der Waals surface area contributed by atoms with Crippen molar-refractivity contribution in [2.45, 2.75) is 12.2 Å². The quantitative estimate of drug-likeness (QED) is 0.878. The molecular formula is C18H18O7. The van der Waals surface area contributed by atoms with Crippen molar-refractivity contribution in [3.8, 4) is 28.7 Å². The fourth-order valence-electron chi connectivity index (χ4n) is 2.87. The van der Waals surface area contributed by atoms with Gasteiger partial charge in [0.05, 0.1) is 14.2 Å². The van der Waals surface area contributed by atoms with Crippen LogP contribution in [0.25, 0.3) is 0 Å². The van der Waals surface area contributed by atoms with Crippen LogP contribution in [0.2, 0.25) is 0 Å². The number of aromatic hydroxyl groups is 2. The van der Waals surface area contributed by atoms with E-state index in [1.54, 1.807) is 12.1 Å². The van der Waals surface area contributed by atoms with E-state index in [1.807, 2.05) is 0 Å². The van der Waals surface area contributed by atoms with Gasteiger partial charge in [0.15, 0.2) is 23.7 Å². The number of hydrogen-bond donors (Lipinski definition) is 2. The fourth-order valence-corrected chi connectivity index (χ4v) is 2.87. The molecule has 7 nitrogen and oxygen atoms in total. The molecule has 2 unspecified atom stereocenters. The molecule has 0 spiro atoms. The summed E-state index contributed by atoms with van der Waals surface area (Å²) in [4.78, 5) is 12.8. The highest BCUT2D eigenvalue weighted by Gasteiger charge is 2.40. The van der Waals surface area contributed by atoms with Crippen LogP contribution in [0.4, 0.5) is 0 Å². The Bertz CT molecular complexity index is 815. The highest BCUT2D eigenvalue weighted by molar-refractivity contribution is 6.05. The Hall–Kier alpha value is -2.93. The number of phenolic OH excluding ortho intramolecular Hbond substituents is 2. The van der Waals surface area contributed by atoms with Gasteiger partial charge in [-0.25, -0.2) is 0 Å². The molecule has 132 valence electrons. The lowest BCUT2D eigenvalue weighted by atomic mass is 9.92. The van der Waals surface area contributed by atoms with Crippen LogP contribution in [0, 0.1) is 0 Å². The van der Waals surface area contributed by atoms with Gasteiger partial charge in [0.1, 0.15) is 22.8 Å². The summed E-state index contributed by atoms with van der Waals surface area (Å²) in [7, 11) is 4.27. The van der Waals surface area contributed by atoms with Gasteiger partial charge in [-0.05, 0) is 17.7 Å². The van der Waals surface area contributed by atoms with E-state index >= 15 is 0 Å². The predicted molar refractivity (Wildman–Crippen MR) is 87.8 cm³/mol. The van der Waals surface area contributed by atoms with Crippen LogP contribution in [0.5, 0.6) is 28.7 Å². The lowest BCUT2D eigenvalue weighted by Gasteiger charge is -2.32. The van der Waals surface area contributed by atoms with Crippen molar-refractivity contribution >= 4 is 5.78 Å². The summed E-state index contributed by atoms with van der Waals surface area (Å²) in [5.74, 6) is 0.123. The van der Waals surface area contributed by atoms with Gasteiger partial charge in [-0.15, -0.1) is 0 Å². The average Bonchev–Trinajstić information content (AvgIpc) is 2.60. The Balaban J connectivity index is 2.08. The van der Waals surface area contributed by atoms with Crippen molar-refractivity contribution in [3.05, 3.63) is 41.5 Å². The normalized spacial score (nSPS) is 19.1. The molecule has 2 N–H and O–H groups in total. The van der Waals surface area contributed by atoms with Crippen LogP contribution in [0.1, 0.15) is 22.0 Å². The van der Waals surface area contributed by atoms with Gasteiger partial charge in [0.25, 0.3) is 0 Å². The molecule has 3 rings (SSSR count). The first-order chi connectivity index (χ1) is 12.0. The molecule has 0 aromatic heterocycles. The van der Waals surface area contributed by atoms with Gasteiger partial charge in [-0.1, -0.05) is 6.07 Å². The Labute approximate surface area is 144 Å². The number of benzene rings is 2. The molecular weight excluding hydrogens is 328 g/mol. The molecule has 25 heavy (non-hydrogen) atoms. The zero-order valence-corrected chi connectivity index (χ0v) is 14.0. The summed E-state index contributed by atoms with van der Waals surface area (Å²) in [6, 6.07) is 7.56. The Kier molecular flexibility index (Phi) is 4.41. The van der Waals surface area contributed by atoms with Crippen LogP contribution >= 0.6 is 0 Å². The fraction of sp³-hybridized carbons (Fsp3) is 0.278. The van der Waals surface area contributed by atoms with Gasteiger partial charge < -0.3 is 29.2 Å². The molecule has 2 atom stereocenters. The van der Waals surface area contributed by atoms with E-state index in [2.05, 4.69) is 0 Å². The standard InChI is InChI=1S/C18H18O7/c1-22-10-7-12(20)15-14(8-10)25-17(18(24-3)16(15)21)9-4-5-13(23-2)11(19)6-9/h4-8,17-20H,1-3H3. The van der Waals surface area contributed by atoms with Gasteiger partial charge >= 0.3 is 0 Å². The monoisotopic (exact) mass is 346 g/mol. The summed E-state index contributed by atoms with van der Waals surface area (Å²) in [6.07, 6.45) is -1.77. The molecule has 0 amide bonds. The van der Waals surface area contributed by atoms with Crippen LogP contribution in [0.15, 0.2) is 30.3 Å². The first-order valence-corrected chi connectivity index (χ1v) is 7.51. The molecule has 0 saturated heterocycles. The molecule has 2 aromatic carbocycles. The molecule has 0 aliphatic carbocycles. The van der Waals surface area contributed by atoms with Gasteiger partial charge in [0, 0.05) is 19.2 Å². The summed E-state index contributed by atoms with van der Waals surface area (Å²) in [5, 5.41) is 20.1. The smallest absolute Gasteiger partial charge is 0.203 e. The van der Waals surface area contributed by atoms with E-state index in [9.17, 15) is 15.0 Å². The third-order valence-corrected chi connectivity index (χ3v) is 4.11. The van der Waals surface area contributed by atoms with E-state index in [1.165, 1.54) is 39.5 Å². The number of fused-ring (bicyclic) bond motifs is 1. The first-order valence-electron chi connectivity index (χ1n) is 7.51. The third-order valence-electron chi connectivity index (χ3n) is 4.11. The molecule has 0 bridgehead atoms. The molecule has 1 aliphatic heterocycles. The number of ether oxygens (including phenoxy) is 4. The second-order valence-electron chi connectivity index (χ2n) is 5.51. The molecule has 0 saturated carbocycles. The van der Waals surface area contributed by atoms with E-state index < -0.39 is 18.0 Å². The maximum absolute atomic E-state index is 12.8. The number of carbonyl (C=O) groups is 1. The predicted octanol–water partition coefficient (Wildman–Crippen LogP) is 2.45. The zero-order chi connectivity index (χ0) is 18.1. The molecule has 0 fully saturated rings. The number of phenols is 2. The van der Waals surface area contributed by atoms with Crippen molar-refractivity contribution < 1.29 is 34.0 Å². The van der Waals surface area contributed by atoms with E-state index in [-0.39, 0.29) is 22.8 Å². The summed E-state index contributed by atoms with van der Waals surface area (Å²) < 4.78 is 21.3. The van der Waals surface area contributed by atoms with E-state index in [0.717, 1.165) is 0 Å². The lowest BCUT2D eigenvalue weighted by Crippen LogP contribution is -2.37. The van der Waals surface area contributed by atoms with Crippen molar-refractivity contribution in [2.75, 3.05) is 21.3 Å². The molecule has 7 heteroatoms. The van der Waals surface area contributed by atoms with Gasteiger partial charge in [-0.2, -0.15) is 0 Å². The SMILES string of the molecule is COc1cc(O)c2c(c1)OC(c1ccc(OC)c(O)c1)C(OC)C2=O. The molecule has 1 aliphatic rings. The number of Topliss-reactive ketones (excluding diaryl/α,β-unsaturated/α-hetero) is 1. The lowest BCUT2D eigenvalue weighted by molar-refractivity contribution is -0.00116. The van der Waals surface area contributed by atoms with Gasteiger partial charge in [0.2, 0.25) is 5.78 Å². The van der Waals surface area contributed by atoms with Crippen molar-refractivity contribution in [2.24, 2.45) is 0 Å². The number of ketones is 1. The Morgan fingerprint density at radius 1 is 1.00 bits per heavy atom. The topological polar surface area (TPSA) is 94.5 Å². The summed E-state index contributed by atoms with van der Waals surface area (Å²) in [6.45, 7) is 0. The maximum Gasteiger partial charge on any atom is 0.203 e. The van der Waals surface area contributed by atoms with Crippen LogP contribution in [0.3, 0.4) is 0 Å². The minimum atomic E-state index is -0.973. The summed E-state index contributed by atoms with van der Waals surface area (Å²) in [5.41, 5.74) is 0.577. The minimum Gasteiger partial charge on any atom is -0.507 e. The zero-order valence-electron chi connectivity index (χ0n) is 14.0. The minimum absolute atomic E-state index is 0.0432. The van der Waals surface area contributed by atoms with E-state index in [4.69, 9.17) is 18.9 Å². The Morgan fingerprint density at radius 3 is 2.36 bits per heavy atom. The van der Waals surface area contributed by atoms with Crippen molar-refractivity contribution in [3.63, 3.8) is 0 Å². The number of methoxy groups -OCH3 is 3. The molecule has 1 heterocycles. The van der Waals surface area contributed by atoms with Crippen LogP contribution in [-0.4, -0.2) is 43.4 Å². The molecule has 0 radical (unpaired) electrons. The van der Waals surface area contributed by atoms with Crippen molar-refractivity contribution in [1.29, 1.82) is 0 Å². The third kappa shape index (κ3) is 2.83. The maximum atomic E-state index is 12.8. The largest absolute Gasteiger partial charge is 0.507 e. The number of rotatable bonds is 4. The van der Waals surface area contributed by atoms with Crippen LogP contribution in [-0.2, 0) is 4.74 Å². The number of carbonyl (C=O) groups excluding carboxylic acids is 1. The highest BCUT2D eigenvalue weighted by Crippen LogP contribution is 2.43. The van der Waals surface area contributed by atoms with Crippen LogP contribution < -0.4 is 14.2 Å². The second-order valence-corrected chi connectivity index (χ2v) is 5.51. The average molecular weight is 346 g/mol. The Morgan fingerprint density at radius 2 is 1.76 bits per heavy atom. The molecule has 2 aromatic rings. The number of hydrogen-bond acceptors (Lipinski definition) is 7. The van der Waals surface area contributed by atoms with Gasteiger partial charge in [-0.3, -0.25) is 4.79 Å². The summed E-state index contributed by atoms with van der Waals surface area (Å²) >= 11 is 0. The first kappa shape index (κ1) is 16.9. The second kappa shape index (κ2) is 6.52. The van der Waals surface area contributed by atoms with Crippen molar-refractivity contribution in [1.82, 2.24) is 0 Å². The highest BCUT2D eigenvalue weighted by atomic mass is 16.5. The van der Waals surface area contributed by atoms with E-state index in [0.29, 0.717) is 17.1 Å².